The Hall–Kier alpha value is -2.83. The third-order valence-corrected chi connectivity index (χ3v) is 4.86. The molecule has 3 heterocycles. The second-order valence-electron chi connectivity index (χ2n) is 6.64. The quantitative estimate of drug-likeness (QED) is 0.677. The molecule has 0 aliphatic carbocycles. The summed E-state index contributed by atoms with van der Waals surface area (Å²) in [5.41, 5.74) is 3.89. The highest BCUT2D eigenvalue weighted by molar-refractivity contribution is 6.30. The van der Waals surface area contributed by atoms with Crippen molar-refractivity contribution in [1.29, 1.82) is 0 Å². The van der Waals surface area contributed by atoms with Gasteiger partial charge in [0.05, 0.1) is 30.7 Å². The average molecular weight is 395 g/mol. The number of benzene rings is 1. The molecule has 0 saturated carbocycles. The minimum absolute atomic E-state index is 0.142. The molecule has 28 heavy (non-hydrogen) atoms. The van der Waals surface area contributed by atoms with Gasteiger partial charge in [0, 0.05) is 29.5 Å². The van der Waals surface area contributed by atoms with E-state index in [4.69, 9.17) is 16.3 Å². The van der Waals surface area contributed by atoms with Gasteiger partial charge in [-0.05, 0) is 30.7 Å². The van der Waals surface area contributed by atoms with Gasteiger partial charge in [0.15, 0.2) is 0 Å². The molecule has 1 amide bonds. The average Bonchev–Trinajstić information content (AvgIpc) is 2.74. The molecule has 7 heteroatoms. The Bertz CT molecular complexity index is 976. The Morgan fingerprint density at radius 1 is 1.11 bits per heavy atom. The number of carbonyl (C=O) groups excluding carboxylic acids is 1. The first-order valence-corrected chi connectivity index (χ1v) is 9.39. The zero-order chi connectivity index (χ0) is 19.5. The van der Waals surface area contributed by atoms with E-state index in [1.165, 1.54) is 6.20 Å². The van der Waals surface area contributed by atoms with Crippen molar-refractivity contribution in [3.63, 3.8) is 0 Å². The summed E-state index contributed by atoms with van der Waals surface area (Å²) < 4.78 is 5.85. The number of amides is 1. The number of pyridine rings is 1. The van der Waals surface area contributed by atoms with Crippen molar-refractivity contribution in [2.24, 2.45) is 0 Å². The summed E-state index contributed by atoms with van der Waals surface area (Å²) in [6.07, 6.45) is 4.64. The number of nitrogens with zero attached hydrogens (tertiary/aromatic N) is 4. The van der Waals surface area contributed by atoms with E-state index >= 15 is 0 Å². The van der Waals surface area contributed by atoms with Gasteiger partial charge in [-0.3, -0.25) is 14.8 Å². The first kappa shape index (κ1) is 18.5. The summed E-state index contributed by atoms with van der Waals surface area (Å²) >= 11 is 6.07. The molecule has 1 unspecified atom stereocenters. The van der Waals surface area contributed by atoms with Gasteiger partial charge < -0.3 is 9.64 Å². The van der Waals surface area contributed by atoms with E-state index in [2.05, 4.69) is 15.0 Å². The molecule has 1 saturated heterocycles. The van der Waals surface area contributed by atoms with Crippen molar-refractivity contribution >= 4 is 17.5 Å². The molecule has 0 N–H and O–H groups in total. The van der Waals surface area contributed by atoms with E-state index in [1.807, 2.05) is 43.3 Å². The van der Waals surface area contributed by atoms with Crippen LogP contribution in [0.15, 0.2) is 55.0 Å². The molecule has 142 valence electrons. The molecule has 1 aromatic carbocycles. The Balaban J connectivity index is 1.48. The van der Waals surface area contributed by atoms with Crippen LogP contribution in [0.1, 0.15) is 28.0 Å². The lowest BCUT2D eigenvalue weighted by Crippen LogP contribution is -2.42. The number of halogens is 1. The lowest BCUT2D eigenvalue weighted by Gasteiger charge is -2.32. The number of morpholine rings is 1. The molecule has 0 bridgehead atoms. The molecule has 1 atom stereocenters. The predicted molar refractivity (Wildman–Crippen MR) is 106 cm³/mol. The third-order valence-electron chi connectivity index (χ3n) is 4.63. The van der Waals surface area contributed by atoms with E-state index in [0.717, 1.165) is 22.5 Å². The highest BCUT2D eigenvalue weighted by Crippen LogP contribution is 2.26. The highest BCUT2D eigenvalue weighted by Gasteiger charge is 2.27. The summed E-state index contributed by atoms with van der Waals surface area (Å²) in [6, 6.07) is 11.6. The van der Waals surface area contributed by atoms with Crippen LogP contribution in [0.2, 0.25) is 5.02 Å². The zero-order valence-corrected chi connectivity index (χ0v) is 16.1. The Morgan fingerprint density at radius 2 is 2.00 bits per heavy atom. The minimum Gasteiger partial charge on any atom is -0.368 e. The molecule has 1 aliphatic heterocycles. The standard InChI is InChI=1S/C21H19ClN4O2/c1-14-10-24-19(12-23-14)21(27)26-7-8-28-20(13-26)18-6-5-16(11-25-18)15-3-2-4-17(22)9-15/h2-6,9-12,20H,7-8,13H2,1H3. The molecule has 6 nitrogen and oxygen atoms in total. The van der Waals surface area contributed by atoms with Gasteiger partial charge in [0.2, 0.25) is 0 Å². The first-order valence-electron chi connectivity index (χ1n) is 9.01. The fraction of sp³-hybridized carbons (Fsp3) is 0.238. The fourth-order valence-corrected chi connectivity index (χ4v) is 3.30. The van der Waals surface area contributed by atoms with Crippen LogP contribution in [-0.2, 0) is 4.74 Å². The molecule has 0 radical (unpaired) electrons. The molecule has 3 aromatic rings. The van der Waals surface area contributed by atoms with Crippen LogP contribution in [0.25, 0.3) is 11.1 Å². The van der Waals surface area contributed by atoms with Gasteiger partial charge in [0.25, 0.3) is 5.91 Å². The third kappa shape index (κ3) is 4.03. The number of carbonyl (C=O) groups is 1. The Labute approximate surface area is 168 Å². The monoisotopic (exact) mass is 394 g/mol. The SMILES string of the molecule is Cc1cnc(C(=O)N2CCOC(c3ccc(-c4cccc(Cl)c4)cn3)C2)cn1. The molecular weight excluding hydrogens is 376 g/mol. The van der Waals surface area contributed by atoms with E-state index in [9.17, 15) is 4.79 Å². The smallest absolute Gasteiger partial charge is 0.274 e. The number of rotatable bonds is 3. The van der Waals surface area contributed by atoms with Gasteiger partial charge in [0.1, 0.15) is 11.8 Å². The van der Waals surface area contributed by atoms with Crippen LogP contribution < -0.4 is 0 Å². The van der Waals surface area contributed by atoms with E-state index in [0.29, 0.717) is 30.4 Å². The second-order valence-corrected chi connectivity index (χ2v) is 7.07. The maximum absolute atomic E-state index is 12.7. The minimum atomic E-state index is -0.274. The number of aryl methyl sites for hydroxylation is 1. The molecule has 1 fully saturated rings. The van der Waals surface area contributed by atoms with Crippen LogP contribution in [0.3, 0.4) is 0 Å². The molecular formula is C21H19ClN4O2. The molecule has 2 aromatic heterocycles. The normalized spacial score (nSPS) is 16.8. The maximum atomic E-state index is 12.7. The highest BCUT2D eigenvalue weighted by atomic mass is 35.5. The van der Waals surface area contributed by atoms with Gasteiger partial charge in [-0.25, -0.2) is 4.98 Å². The van der Waals surface area contributed by atoms with Gasteiger partial charge in [-0.2, -0.15) is 0 Å². The van der Waals surface area contributed by atoms with Crippen molar-refractivity contribution in [1.82, 2.24) is 19.9 Å². The van der Waals surface area contributed by atoms with Crippen molar-refractivity contribution < 1.29 is 9.53 Å². The van der Waals surface area contributed by atoms with Crippen LogP contribution >= 0.6 is 11.6 Å². The summed E-state index contributed by atoms with van der Waals surface area (Å²) in [5, 5.41) is 0.686. The lowest BCUT2D eigenvalue weighted by molar-refractivity contribution is -0.0249. The number of hydrogen-bond acceptors (Lipinski definition) is 5. The molecule has 1 aliphatic rings. The second kappa shape index (κ2) is 8.04. The van der Waals surface area contributed by atoms with E-state index < -0.39 is 0 Å². The van der Waals surface area contributed by atoms with E-state index in [-0.39, 0.29) is 12.0 Å². The van der Waals surface area contributed by atoms with Crippen LogP contribution in [0.5, 0.6) is 0 Å². The fourth-order valence-electron chi connectivity index (χ4n) is 3.11. The van der Waals surface area contributed by atoms with Gasteiger partial charge >= 0.3 is 0 Å². The molecule has 4 rings (SSSR count). The van der Waals surface area contributed by atoms with Gasteiger partial charge in [-0.15, -0.1) is 0 Å². The lowest BCUT2D eigenvalue weighted by atomic mass is 10.1. The topological polar surface area (TPSA) is 68.2 Å². The summed E-state index contributed by atoms with van der Waals surface area (Å²) in [5.74, 6) is -0.142. The van der Waals surface area contributed by atoms with Gasteiger partial charge in [-0.1, -0.05) is 29.8 Å². The van der Waals surface area contributed by atoms with Crippen molar-refractivity contribution in [2.45, 2.75) is 13.0 Å². The van der Waals surface area contributed by atoms with Crippen molar-refractivity contribution in [3.8, 4) is 11.1 Å². The summed E-state index contributed by atoms with van der Waals surface area (Å²) in [4.78, 5) is 27.3. The number of hydrogen-bond donors (Lipinski definition) is 0. The first-order chi connectivity index (χ1) is 13.6. The van der Waals surface area contributed by atoms with Crippen LogP contribution in [0, 0.1) is 6.92 Å². The molecule has 0 spiro atoms. The number of aromatic nitrogens is 3. The number of ether oxygens (including phenoxy) is 1. The summed E-state index contributed by atoms with van der Waals surface area (Å²) in [6.45, 7) is 3.24. The van der Waals surface area contributed by atoms with E-state index in [1.54, 1.807) is 17.3 Å². The Morgan fingerprint density at radius 3 is 2.71 bits per heavy atom. The Kier molecular flexibility index (Phi) is 5.32. The summed E-state index contributed by atoms with van der Waals surface area (Å²) in [7, 11) is 0. The van der Waals surface area contributed by atoms with Crippen LogP contribution in [-0.4, -0.2) is 45.5 Å². The predicted octanol–water partition coefficient (Wildman–Crippen LogP) is 3.71. The van der Waals surface area contributed by atoms with Crippen molar-refractivity contribution in [3.05, 3.63) is 77.1 Å². The van der Waals surface area contributed by atoms with Crippen molar-refractivity contribution in [2.75, 3.05) is 19.7 Å². The largest absolute Gasteiger partial charge is 0.368 e. The van der Waals surface area contributed by atoms with Crippen LogP contribution in [0.4, 0.5) is 0 Å². The zero-order valence-electron chi connectivity index (χ0n) is 15.4. The maximum Gasteiger partial charge on any atom is 0.274 e.